The van der Waals surface area contributed by atoms with Gasteiger partial charge in [0.25, 0.3) is 0 Å². The molecule has 0 amide bonds. The molecule has 4 heteroatoms. The molecule has 1 rings (SSSR count). The Morgan fingerprint density at radius 1 is 1.21 bits per heavy atom. The smallest absolute Gasteiger partial charge is 0.138 e. The summed E-state index contributed by atoms with van der Waals surface area (Å²) < 4.78 is 12.1. The van der Waals surface area contributed by atoms with Crippen LogP contribution in [0.1, 0.15) is 33.3 Å². The largest absolute Gasteiger partial charge is 0.490 e. The van der Waals surface area contributed by atoms with Gasteiger partial charge in [0, 0.05) is 24.3 Å². The maximum atomic E-state index is 5.82. The number of para-hydroxylation sites is 1. The summed E-state index contributed by atoms with van der Waals surface area (Å²) in [6, 6.07) is 6.11. The molecule has 0 spiro atoms. The highest BCUT2D eigenvalue weighted by atomic mass is 79.9. The van der Waals surface area contributed by atoms with Crippen LogP contribution in [0.5, 0.6) is 5.75 Å². The summed E-state index contributed by atoms with van der Waals surface area (Å²) in [7, 11) is 0. The second-order valence-corrected chi connectivity index (χ2v) is 6.23. The lowest BCUT2D eigenvalue weighted by molar-refractivity contribution is 0.109. The molecule has 0 saturated carbocycles. The van der Waals surface area contributed by atoms with E-state index in [1.807, 2.05) is 19.1 Å². The zero-order valence-electron chi connectivity index (χ0n) is 12.3. The fraction of sp³-hybridized carbons (Fsp3) is 0.600. The van der Waals surface area contributed by atoms with E-state index in [9.17, 15) is 0 Å². The highest BCUT2D eigenvalue weighted by molar-refractivity contribution is 9.10. The van der Waals surface area contributed by atoms with E-state index >= 15 is 0 Å². The van der Waals surface area contributed by atoms with Crippen molar-refractivity contribution >= 4 is 15.9 Å². The van der Waals surface area contributed by atoms with Gasteiger partial charge in [-0.25, -0.2) is 0 Å². The molecule has 0 aliphatic carbocycles. The summed E-state index contributed by atoms with van der Waals surface area (Å²) in [5.41, 5.74) is 1.24. The van der Waals surface area contributed by atoms with Crippen LogP contribution in [0.3, 0.4) is 0 Å². The highest BCUT2D eigenvalue weighted by Crippen LogP contribution is 2.29. The van der Waals surface area contributed by atoms with E-state index in [1.165, 1.54) is 0 Å². The first kappa shape index (κ1) is 16.5. The molecule has 0 aliphatic rings. The van der Waals surface area contributed by atoms with Crippen LogP contribution in [-0.4, -0.2) is 25.4 Å². The summed E-state index contributed by atoms with van der Waals surface area (Å²) in [6.07, 6.45) is 0. The topological polar surface area (TPSA) is 30.5 Å². The first-order valence-electron chi connectivity index (χ1n) is 6.67. The van der Waals surface area contributed by atoms with Gasteiger partial charge in [-0.3, -0.25) is 0 Å². The van der Waals surface area contributed by atoms with Crippen LogP contribution in [0.25, 0.3) is 0 Å². The lowest BCUT2D eigenvalue weighted by atomic mass is 10.1. The molecule has 0 bridgehead atoms. The van der Waals surface area contributed by atoms with E-state index in [0.29, 0.717) is 13.2 Å². The Labute approximate surface area is 124 Å². The van der Waals surface area contributed by atoms with Gasteiger partial charge in [0.1, 0.15) is 12.4 Å². The average Bonchev–Trinajstić information content (AvgIpc) is 2.33. The summed E-state index contributed by atoms with van der Waals surface area (Å²) >= 11 is 3.54. The Morgan fingerprint density at radius 3 is 2.58 bits per heavy atom. The molecule has 0 heterocycles. The summed E-state index contributed by atoms with van der Waals surface area (Å²) in [4.78, 5) is 0. The first-order chi connectivity index (χ1) is 8.94. The maximum Gasteiger partial charge on any atom is 0.138 e. The standard InChI is InChI=1S/C15H24BrNO2/c1-5-18-9-10-19-14-12(7-6-8-13(14)16)11-17-15(2,3)4/h6-8,17H,5,9-11H2,1-4H3. The minimum absolute atomic E-state index is 0.0882. The SMILES string of the molecule is CCOCCOc1c(Br)cccc1CNC(C)(C)C. The number of nitrogens with one attached hydrogen (secondary N) is 1. The van der Waals surface area contributed by atoms with Gasteiger partial charge in [0.05, 0.1) is 11.1 Å². The molecule has 3 nitrogen and oxygen atoms in total. The van der Waals surface area contributed by atoms with Crippen molar-refractivity contribution in [1.29, 1.82) is 0 Å². The third-order valence-corrected chi connectivity index (χ3v) is 3.16. The predicted molar refractivity (Wildman–Crippen MR) is 82.7 cm³/mol. The molecule has 19 heavy (non-hydrogen) atoms. The molecule has 0 saturated heterocycles. The monoisotopic (exact) mass is 329 g/mol. The van der Waals surface area contributed by atoms with Crippen molar-refractivity contribution in [3.8, 4) is 5.75 Å². The van der Waals surface area contributed by atoms with Gasteiger partial charge < -0.3 is 14.8 Å². The normalized spacial score (nSPS) is 11.6. The summed E-state index contributed by atoms with van der Waals surface area (Å²) in [5, 5.41) is 3.48. The molecular formula is C15H24BrNO2. The maximum absolute atomic E-state index is 5.82. The van der Waals surface area contributed by atoms with Crippen molar-refractivity contribution < 1.29 is 9.47 Å². The van der Waals surface area contributed by atoms with Gasteiger partial charge >= 0.3 is 0 Å². The molecule has 0 radical (unpaired) electrons. The van der Waals surface area contributed by atoms with Gasteiger partial charge in [0.15, 0.2) is 0 Å². The lowest BCUT2D eigenvalue weighted by Crippen LogP contribution is -2.35. The summed E-state index contributed by atoms with van der Waals surface area (Å²) in [6.45, 7) is 11.1. The molecule has 0 fully saturated rings. The number of benzene rings is 1. The summed E-state index contributed by atoms with van der Waals surface area (Å²) in [5.74, 6) is 0.902. The Balaban J connectivity index is 2.66. The van der Waals surface area contributed by atoms with Crippen LogP contribution in [0.2, 0.25) is 0 Å². The molecule has 0 atom stereocenters. The third kappa shape index (κ3) is 6.41. The molecule has 0 aromatic heterocycles. The molecule has 1 N–H and O–H groups in total. The third-order valence-electron chi connectivity index (χ3n) is 2.54. The number of ether oxygens (including phenoxy) is 2. The van der Waals surface area contributed by atoms with E-state index in [2.05, 4.69) is 48.1 Å². The van der Waals surface area contributed by atoms with E-state index < -0.39 is 0 Å². The van der Waals surface area contributed by atoms with Crippen LogP contribution in [0.15, 0.2) is 22.7 Å². The number of hydrogen-bond donors (Lipinski definition) is 1. The van der Waals surface area contributed by atoms with Crippen LogP contribution < -0.4 is 10.1 Å². The second-order valence-electron chi connectivity index (χ2n) is 5.38. The van der Waals surface area contributed by atoms with Crippen molar-refractivity contribution in [1.82, 2.24) is 5.32 Å². The Morgan fingerprint density at radius 2 is 1.95 bits per heavy atom. The Hall–Kier alpha value is -0.580. The van der Waals surface area contributed by atoms with Crippen LogP contribution in [0, 0.1) is 0 Å². The minimum Gasteiger partial charge on any atom is -0.490 e. The van der Waals surface area contributed by atoms with Crippen LogP contribution in [-0.2, 0) is 11.3 Å². The molecule has 0 aliphatic heterocycles. The van der Waals surface area contributed by atoms with Gasteiger partial charge in [-0.1, -0.05) is 12.1 Å². The van der Waals surface area contributed by atoms with Crippen molar-refractivity contribution in [3.05, 3.63) is 28.2 Å². The molecule has 0 unspecified atom stereocenters. The van der Waals surface area contributed by atoms with Crippen molar-refractivity contribution in [3.63, 3.8) is 0 Å². The minimum atomic E-state index is 0.0882. The van der Waals surface area contributed by atoms with E-state index in [4.69, 9.17) is 9.47 Å². The first-order valence-corrected chi connectivity index (χ1v) is 7.46. The quantitative estimate of drug-likeness (QED) is 0.773. The number of hydrogen-bond acceptors (Lipinski definition) is 3. The predicted octanol–water partition coefficient (Wildman–Crippen LogP) is 3.75. The van der Waals surface area contributed by atoms with Gasteiger partial charge in [0.2, 0.25) is 0 Å². The van der Waals surface area contributed by atoms with Crippen LogP contribution >= 0.6 is 15.9 Å². The highest BCUT2D eigenvalue weighted by Gasteiger charge is 2.12. The lowest BCUT2D eigenvalue weighted by Gasteiger charge is -2.22. The van der Waals surface area contributed by atoms with Gasteiger partial charge in [-0.15, -0.1) is 0 Å². The van der Waals surface area contributed by atoms with Gasteiger partial charge in [-0.2, -0.15) is 0 Å². The molecule has 1 aromatic carbocycles. The second kappa shape index (κ2) is 7.88. The van der Waals surface area contributed by atoms with Crippen LogP contribution in [0.4, 0.5) is 0 Å². The molecular weight excluding hydrogens is 306 g/mol. The van der Waals surface area contributed by atoms with E-state index in [-0.39, 0.29) is 5.54 Å². The van der Waals surface area contributed by atoms with Crippen molar-refractivity contribution in [2.45, 2.75) is 39.8 Å². The van der Waals surface area contributed by atoms with Crippen molar-refractivity contribution in [2.75, 3.05) is 19.8 Å². The number of halogens is 1. The Bertz CT molecular complexity index is 388. The fourth-order valence-corrected chi connectivity index (χ4v) is 2.08. The average molecular weight is 330 g/mol. The van der Waals surface area contributed by atoms with Crippen molar-refractivity contribution in [2.24, 2.45) is 0 Å². The zero-order chi connectivity index (χ0) is 14.3. The molecule has 108 valence electrons. The zero-order valence-corrected chi connectivity index (χ0v) is 13.8. The van der Waals surface area contributed by atoms with E-state index in [1.54, 1.807) is 0 Å². The number of rotatable bonds is 7. The van der Waals surface area contributed by atoms with E-state index in [0.717, 1.165) is 28.9 Å². The van der Waals surface area contributed by atoms with Gasteiger partial charge in [-0.05, 0) is 49.7 Å². The molecule has 1 aromatic rings. The fourth-order valence-electron chi connectivity index (χ4n) is 1.56. The Kier molecular flexibility index (Phi) is 6.83.